The number of nitrogens with one attached hydrogen (secondary N) is 1. The van der Waals surface area contributed by atoms with E-state index >= 15 is 0 Å². The zero-order valence-corrected chi connectivity index (χ0v) is 14.1. The number of rotatable bonds is 5. The summed E-state index contributed by atoms with van der Waals surface area (Å²) >= 11 is 0. The van der Waals surface area contributed by atoms with Crippen LogP contribution in [0.15, 0.2) is 24.5 Å². The number of amides is 1. The van der Waals surface area contributed by atoms with Gasteiger partial charge in [-0.1, -0.05) is 19.9 Å². The molecule has 0 fully saturated rings. The van der Waals surface area contributed by atoms with Crippen molar-refractivity contribution in [2.24, 2.45) is 5.92 Å². The van der Waals surface area contributed by atoms with Crippen LogP contribution in [-0.4, -0.2) is 33.9 Å². The van der Waals surface area contributed by atoms with E-state index in [0.717, 1.165) is 11.3 Å². The van der Waals surface area contributed by atoms with E-state index in [4.69, 9.17) is 14.7 Å². The number of ether oxygens (including phenoxy) is 2. The second-order valence-electron chi connectivity index (χ2n) is 6.07. The molecule has 1 aliphatic heterocycles. The lowest BCUT2D eigenvalue weighted by atomic mass is 9.95. The number of aromatic nitrogens is 3. The van der Waals surface area contributed by atoms with Crippen molar-refractivity contribution < 1.29 is 14.3 Å². The number of carbonyl (C=O) groups excluding carboxylic acids is 1. The van der Waals surface area contributed by atoms with Crippen LogP contribution in [0.25, 0.3) is 0 Å². The van der Waals surface area contributed by atoms with Crippen LogP contribution in [0.1, 0.15) is 31.3 Å². The molecule has 0 radical (unpaired) electrons. The van der Waals surface area contributed by atoms with Crippen molar-refractivity contribution in [3.8, 4) is 17.6 Å². The monoisotopic (exact) mass is 341 g/mol. The van der Waals surface area contributed by atoms with E-state index in [1.54, 1.807) is 0 Å². The van der Waals surface area contributed by atoms with Gasteiger partial charge in [0.15, 0.2) is 11.5 Å². The Kier molecular flexibility index (Phi) is 4.84. The van der Waals surface area contributed by atoms with Crippen molar-refractivity contribution >= 4 is 5.91 Å². The Morgan fingerprint density at radius 1 is 1.36 bits per heavy atom. The second-order valence-corrected chi connectivity index (χ2v) is 6.07. The van der Waals surface area contributed by atoms with Crippen LogP contribution in [0.5, 0.6) is 11.5 Å². The summed E-state index contributed by atoms with van der Waals surface area (Å²) in [6.07, 6.45) is 1.37. The van der Waals surface area contributed by atoms with Crippen molar-refractivity contribution in [2.45, 2.75) is 26.4 Å². The van der Waals surface area contributed by atoms with Crippen molar-refractivity contribution in [1.82, 2.24) is 20.1 Å². The third-order valence-electron chi connectivity index (χ3n) is 3.85. The predicted molar refractivity (Wildman–Crippen MR) is 87.9 cm³/mol. The molecule has 0 saturated carbocycles. The lowest BCUT2D eigenvalue weighted by molar-refractivity contribution is -0.122. The molecule has 1 atom stereocenters. The molecule has 0 bridgehead atoms. The molecule has 2 heterocycles. The lowest BCUT2D eigenvalue weighted by Gasteiger charge is -2.25. The van der Waals surface area contributed by atoms with Crippen LogP contribution in [0.4, 0.5) is 0 Å². The summed E-state index contributed by atoms with van der Waals surface area (Å²) in [6.45, 7) is 5.13. The number of fused-ring (bicyclic) bond motifs is 1. The van der Waals surface area contributed by atoms with Gasteiger partial charge in [-0.3, -0.25) is 4.79 Å². The van der Waals surface area contributed by atoms with Crippen molar-refractivity contribution in [3.05, 3.63) is 35.9 Å². The fourth-order valence-electron chi connectivity index (χ4n) is 2.68. The van der Waals surface area contributed by atoms with Gasteiger partial charge in [-0.2, -0.15) is 5.26 Å². The second kappa shape index (κ2) is 7.21. The number of nitriles is 1. The summed E-state index contributed by atoms with van der Waals surface area (Å²) in [4.78, 5) is 16.1. The van der Waals surface area contributed by atoms with Gasteiger partial charge in [0.1, 0.15) is 32.2 Å². The van der Waals surface area contributed by atoms with Gasteiger partial charge < -0.3 is 14.8 Å². The first-order valence-corrected chi connectivity index (χ1v) is 8.05. The quantitative estimate of drug-likeness (QED) is 0.883. The molecule has 2 aromatic rings. The Labute approximate surface area is 145 Å². The zero-order chi connectivity index (χ0) is 17.8. The van der Waals surface area contributed by atoms with E-state index in [1.807, 2.05) is 38.1 Å². The van der Waals surface area contributed by atoms with Gasteiger partial charge in [-0.25, -0.2) is 9.67 Å². The highest BCUT2D eigenvalue weighted by atomic mass is 16.6. The molecule has 1 aromatic heterocycles. The normalized spacial score (nSPS) is 14.0. The molecule has 130 valence electrons. The zero-order valence-electron chi connectivity index (χ0n) is 14.1. The lowest BCUT2D eigenvalue weighted by Crippen LogP contribution is -2.34. The Bertz CT molecular complexity index is 809. The number of benzene rings is 1. The Hall–Kier alpha value is -3.08. The first kappa shape index (κ1) is 16.8. The van der Waals surface area contributed by atoms with Crippen LogP contribution in [0, 0.1) is 17.2 Å². The van der Waals surface area contributed by atoms with Gasteiger partial charge in [0, 0.05) is 0 Å². The highest BCUT2D eigenvalue weighted by molar-refractivity contribution is 5.76. The topological polar surface area (TPSA) is 102 Å². The van der Waals surface area contributed by atoms with E-state index in [0.29, 0.717) is 19.0 Å². The third-order valence-corrected chi connectivity index (χ3v) is 3.85. The molecule has 8 nitrogen and oxygen atoms in total. The molecule has 1 aromatic carbocycles. The van der Waals surface area contributed by atoms with Gasteiger partial charge in [-0.05, 0) is 23.6 Å². The summed E-state index contributed by atoms with van der Waals surface area (Å²) in [5.74, 6) is 1.43. The first-order valence-electron chi connectivity index (χ1n) is 8.05. The minimum atomic E-state index is -0.206. The first-order chi connectivity index (χ1) is 12.1. The largest absolute Gasteiger partial charge is 0.486 e. The molecular formula is C17H19N5O3. The van der Waals surface area contributed by atoms with E-state index < -0.39 is 0 Å². The Balaban J connectivity index is 1.72. The van der Waals surface area contributed by atoms with Crippen molar-refractivity contribution in [1.29, 1.82) is 5.26 Å². The van der Waals surface area contributed by atoms with Crippen molar-refractivity contribution in [2.75, 3.05) is 13.2 Å². The predicted octanol–water partition coefficient (Wildman–Crippen LogP) is 1.43. The Morgan fingerprint density at radius 2 is 2.12 bits per heavy atom. The highest BCUT2D eigenvalue weighted by Gasteiger charge is 2.21. The minimum Gasteiger partial charge on any atom is -0.486 e. The SMILES string of the molecule is CC(C)C(NC(=O)Cn1cnc(C#N)n1)c1ccc2c(c1)OCCO2. The van der Waals surface area contributed by atoms with Crippen molar-refractivity contribution in [3.63, 3.8) is 0 Å². The van der Waals surface area contributed by atoms with E-state index in [-0.39, 0.29) is 30.2 Å². The molecule has 0 saturated heterocycles. The minimum absolute atomic E-state index is 0.00243. The number of nitrogens with zero attached hydrogens (tertiary/aromatic N) is 4. The summed E-state index contributed by atoms with van der Waals surface area (Å²) in [5, 5.41) is 15.6. The van der Waals surface area contributed by atoms with Crippen LogP contribution < -0.4 is 14.8 Å². The van der Waals surface area contributed by atoms with Gasteiger partial charge in [0.25, 0.3) is 5.82 Å². The maximum atomic E-state index is 12.3. The number of carbonyl (C=O) groups is 1. The maximum Gasteiger partial charge on any atom is 0.252 e. The van der Waals surface area contributed by atoms with Gasteiger partial charge in [0.05, 0.1) is 6.04 Å². The van der Waals surface area contributed by atoms with Crippen LogP contribution in [-0.2, 0) is 11.3 Å². The van der Waals surface area contributed by atoms with Crippen LogP contribution in [0.3, 0.4) is 0 Å². The van der Waals surface area contributed by atoms with E-state index in [2.05, 4.69) is 15.4 Å². The molecule has 0 spiro atoms. The molecule has 0 aliphatic carbocycles. The molecule has 1 aliphatic rings. The summed E-state index contributed by atoms with van der Waals surface area (Å²) in [5.41, 5.74) is 0.948. The smallest absolute Gasteiger partial charge is 0.252 e. The highest BCUT2D eigenvalue weighted by Crippen LogP contribution is 2.34. The van der Waals surface area contributed by atoms with Crippen LogP contribution >= 0.6 is 0 Å². The molecule has 1 amide bonds. The molecule has 3 rings (SSSR count). The summed E-state index contributed by atoms with van der Waals surface area (Å²) in [6, 6.07) is 7.36. The standard InChI is InChI=1S/C17H19N5O3/c1-11(2)17(12-3-4-13-14(7-12)25-6-5-24-13)20-16(23)9-22-10-19-15(8-18)21-22/h3-4,7,10-11,17H,5-6,9H2,1-2H3,(H,20,23). The van der Waals surface area contributed by atoms with E-state index in [9.17, 15) is 4.79 Å². The number of hydrogen-bond donors (Lipinski definition) is 1. The number of hydrogen-bond acceptors (Lipinski definition) is 6. The molecular weight excluding hydrogens is 322 g/mol. The average Bonchev–Trinajstić information content (AvgIpc) is 3.06. The average molecular weight is 341 g/mol. The Morgan fingerprint density at radius 3 is 2.80 bits per heavy atom. The van der Waals surface area contributed by atoms with Gasteiger partial charge in [0.2, 0.25) is 5.91 Å². The summed E-state index contributed by atoms with van der Waals surface area (Å²) < 4.78 is 12.5. The molecule has 1 unspecified atom stereocenters. The fourth-order valence-corrected chi connectivity index (χ4v) is 2.68. The molecule has 1 N–H and O–H groups in total. The fraction of sp³-hybridized carbons (Fsp3) is 0.412. The van der Waals surface area contributed by atoms with E-state index in [1.165, 1.54) is 11.0 Å². The molecule has 8 heteroatoms. The summed E-state index contributed by atoms with van der Waals surface area (Å²) in [7, 11) is 0. The maximum absolute atomic E-state index is 12.3. The third kappa shape index (κ3) is 3.88. The van der Waals surface area contributed by atoms with Gasteiger partial charge in [-0.15, -0.1) is 5.10 Å². The van der Waals surface area contributed by atoms with Gasteiger partial charge >= 0.3 is 0 Å². The van der Waals surface area contributed by atoms with Crippen LogP contribution in [0.2, 0.25) is 0 Å². The molecule has 25 heavy (non-hydrogen) atoms.